The fourth-order valence-corrected chi connectivity index (χ4v) is 2.57. The van der Waals surface area contributed by atoms with Gasteiger partial charge in [-0.3, -0.25) is 0 Å². The zero-order chi connectivity index (χ0) is 14.7. The molecule has 0 radical (unpaired) electrons. The summed E-state index contributed by atoms with van der Waals surface area (Å²) in [5, 5.41) is 11.7. The minimum atomic E-state index is 0.107. The van der Waals surface area contributed by atoms with E-state index in [-0.39, 0.29) is 11.9 Å². The number of nitrogens with zero attached hydrogens (tertiary/aromatic N) is 1. The molecule has 1 aliphatic rings. The fraction of sp³-hybridized carbons (Fsp3) is 0.533. The molecule has 5 heteroatoms. The van der Waals surface area contributed by atoms with Crippen molar-refractivity contribution in [3.8, 4) is 5.75 Å². The van der Waals surface area contributed by atoms with E-state index in [1.165, 1.54) is 0 Å². The van der Waals surface area contributed by atoms with Crippen LogP contribution in [0.4, 0.5) is 0 Å². The van der Waals surface area contributed by atoms with Crippen LogP contribution in [0.1, 0.15) is 36.5 Å². The maximum Gasteiger partial charge on any atom is 0.170 e. The number of ether oxygens (including phenoxy) is 2. The third-order valence-electron chi connectivity index (χ3n) is 3.60. The second-order valence-corrected chi connectivity index (χ2v) is 5.38. The van der Waals surface area contributed by atoms with Crippen LogP contribution in [0, 0.1) is 13.8 Å². The molecule has 0 spiro atoms. The maximum absolute atomic E-state index is 8.73. The van der Waals surface area contributed by atoms with Gasteiger partial charge in [-0.2, -0.15) is 0 Å². The number of amidine groups is 1. The Morgan fingerprint density at radius 2 is 2.05 bits per heavy atom. The van der Waals surface area contributed by atoms with Crippen LogP contribution in [0.3, 0.4) is 0 Å². The summed E-state index contributed by atoms with van der Waals surface area (Å²) in [6.45, 7) is 6.56. The van der Waals surface area contributed by atoms with Gasteiger partial charge in [-0.1, -0.05) is 5.16 Å². The van der Waals surface area contributed by atoms with Gasteiger partial charge in [-0.15, -0.1) is 0 Å². The molecule has 2 rings (SSSR count). The summed E-state index contributed by atoms with van der Waals surface area (Å²) in [6, 6.07) is 3.71. The molecule has 1 aromatic carbocycles. The second kappa shape index (κ2) is 6.13. The Morgan fingerprint density at radius 3 is 2.55 bits per heavy atom. The predicted octanol–water partition coefficient (Wildman–Crippen LogP) is 2.34. The van der Waals surface area contributed by atoms with E-state index in [2.05, 4.69) is 12.1 Å². The number of hydrogen-bond acceptors (Lipinski definition) is 4. The number of benzene rings is 1. The summed E-state index contributed by atoms with van der Waals surface area (Å²) in [7, 11) is 0. The van der Waals surface area contributed by atoms with E-state index in [1.807, 2.05) is 26.0 Å². The largest absolute Gasteiger partial charge is 0.490 e. The van der Waals surface area contributed by atoms with Crippen molar-refractivity contribution < 1.29 is 14.7 Å². The minimum absolute atomic E-state index is 0.107. The fourth-order valence-electron chi connectivity index (χ4n) is 2.57. The Labute approximate surface area is 119 Å². The molecule has 0 saturated carbocycles. The van der Waals surface area contributed by atoms with E-state index in [0.29, 0.717) is 18.3 Å². The molecule has 1 aromatic rings. The highest BCUT2D eigenvalue weighted by Crippen LogP contribution is 2.26. The topological polar surface area (TPSA) is 77.1 Å². The number of oxime groups is 1. The van der Waals surface area contributed by atoms with Crippen molar-refractivity contribution >= 4 is 5.84 Å². The van der Waals surface area contributed by atoms with Crippen molar-refractivity contribution in [3.63, 3.8) is 0 Å². The van der Waals surface area contributed by atoms with Gasteiger partial charge in [0.25, 0.3) is 0 Å². The molecule has 0 amide bonds. The van der Waals surface area contributed by atoms with Crippen molar-refractivity contribution in [2.45, 2.75) is 45.8 Å². The van der Waals surface area contributed by atoms with Gasteiger partial charge >= 0.3 is 0 Å². The summed E-state index contributed by atoms with van der Waals surface area (Å²) in [6.07, 6.45) is 2.64. The molecule has 3 N–H and O–H groups in total. The Bertz CT molecular complexity index is 491. The van der Waals surface area contributed by atoms with Crippen LogP contribution in [0.15, 0.2) is 17.3 Å². The quantitative estimate of drug-likeness (QED) is 0.383. The van der Waals surface area contributed by atoms with Gasteiger partial charge in [0.05, 0.1) is 12.2 Å². The normalized spacial score (nSPS) is 23.1. The van der Waals surface area contributed by atoms with Crippen LogP contribution >= 0.6 is 0 Å². The molecule has 110 valence electrons. The summed E-state index contributed by atoms with van der Waals surface area (Å²) in [5.41, 5.74) is 8.25. The highest BCUT2D eigenvalue weighted by Gasteiger charge is 2.22. The Hall–Kier alpha value is -1.75. The van der Waals surface area contributed by atoms with Crippen LogP contribution < -0.4 is 10.5 Å². The van der Waals surface area contributed by atoms with Crippen LogP contribution in [-0.4, -0.2) is 29.9 Å². The molecule has 0 bridgehead atoms. The van der Waals surface area contributed by atoms with Crippen molar-refractivity contribution in [1.29, 1.82) is 0 Å². The maximum atomic E-state index is 8.73. The van der Waals surface area contributed by atoms with Crippen LogP contribution in [0.2, 0.25) is 0 Å². The third kappa shape index (κ3) is 3.22. The number of hydrogen-bond donors (Lipinski definition) is 2. The molecule has 2 atom stereocenters. The van der Waals surface area contributed by atoms with Gasteiger partial charge in [-0.25, -0.2) is 0 Å². The molecule has 1 saturated heterocycles. The highest BCUT2D eigenvalue weighted by molar-refractivity contribution is 5.97. The van der Waals surface area contributed by atoms with Crippen LogP contribution in [0.5, 0.6) is 5.75 Å². The van der Waals surface area contributed by atoms with Crippen molar-refractivity contribution in [2.24, 2.45) is 10.9 Å². The first kappa shape index (κ1) is 14.7. The van der Waals surface area contributed by atoms with Crippen molar-refractivity contribution in [2.75, 3.05) is 6.61 Å². The lowest BCUT2D eigenvalue weighted by atomic mass is 10.1. The van der Waals surface area contributed by atoms with Gasteiger partial charge in [0.2, 0.25) is 0 Å². The Kier molecular flexibility index (Phi) is 4.49. The van der Waals surface area contributed by atoms with Crippen LogP contribution in [0.25, 0.3) is 0 Å². The first-order chi connectivity index (χ1) is 9.51. The standard InChI is InChI=1S/C15H22N2O3/c1-9-6-12(15(16)17-18)7-10(2)14(9)19-8-13-5-4-11(3)20-13/h6-7,11,13,18H,4-5,8H2,1-3H3,(H2,16,17). The minimum Gasteiger partial charge on any atom is -0.490 e. The molecule has 2 unspecified atom stereocenters. The predicted molar refractivity (Wildman–Crippen MR) is 77.5 cm³/mol. The lowest BCUT2D eigenvalue weighted by Crippen LogP contribution is -2.19. The summed E-state index contributed by atoms with van der Waals surface area (Å²) >= 11 is 0. The molecule has 1 aliphatic heterocycles. The van der Waals surface area contributed by atoms with Gasteiger partial charge in [0.1, 0.15) is 12.4 Å². The lowest BCUT2D eigenvalue weighted by Gasteiger charge is -2.17. The van der Waals surface area contributed by atoms with E-state index >= 15 is 0 Å². The SMILES string of the molecule is Cc1cc(C(N)=NO)cc(C)c1OCC1CCC(C)O1. The molecule has 0 aliphatic carbocycles. The Morgan fingerprint density at radius 1 is 1.40 bits per heavy atom. The smallest absolute Gasteiger partial charge is 0.170 e. The zero-order valence-electron chi connectivity index (χ0n) is 12.2. The molecular formula is C15H22N2O3. The highest BCUT2D eigenvalue weighted by atomic mass is 16.5. The van der Waals surface area contributed by atoms with Gasteiger partial charge < -0.3 is 20.4 Å². The number of rotatable bonds is 4. The Balaban J connectivity index is 2.08. The first-order valence-corrected chi connectivity index (χ1v) is 6.88. The summed E-state index contributed by atoms with van der Waals surface area (Å²) in [5.74, 6) is 0.957. The average Bonchev–Trinajstić information content (AvgIpc) is 2.82. The van der Waals surface area contributed by atoms with E-state index < -0.39 is 0 Å². The van der Waals surface area contributed by atoms with E-state index in [9.17, 15) is 0 Å². The van der Waals surface area contributed by atoms with Crippen molar-refractivity contribution in [3.05, 3.63) is 28.8 Å². The van der Waals surface area contributed by atoms with E-state index in [4.69, 9.17) is 20.4 Å². The molecule has 1 heterocycles. The van der Waals surface area contributed by atoms with Gasteiger partial charge in [-0.05, 0) is 56.9 Å². The second-order valence-electron chi connectivity index (χ2n) is 5.38. The van der Waals surface area contributed by atoms with E-state index in [0.717, 1.165) is 29.7 Å². The zero-order valence-corrected chi connectivity index (χ0v) is 12.2. The van der Waals surface area contributed by atoms with Gasteiger partial charge in [0.15, 0.2) is 5.84 Å². The number of aryl methyl sites for hydroxylation is 2. The molecule has 0 aromatic heterocycles. The van der Waals surface area contributed by atoms with Gasteiger partial charge in [0, 0.05) is 5.56 Å². The summed E-state index contributed by atoms with van der Waals surface area (Å²) < 4.78 is 11.6. The molecular weight excluding hydrogens is 256 g/mol. The molecule has 5 nitrogen and oxygen atoms in total. The molecule has 20 heavy (non-hydrogen) atoms. The number of nitrogens with two attached hydrogens (primary N) is 1. The summed E-state index contributed by atoms with van der Waals surface area (Å²) in [4.78, 5) is 0. The van der Waals surface area contributed by atoms with E-state index in [1.54, 1.807) is 0 Å². The monoisotopic (exact) mass is 278 g/mol. The van der Waals surface area contributed by atoms with Crippen molar-refractivity contribution in [1.82, 2.24) is 0 Å². The third-order valence-corrected chi connectivity index (χ3v) is 3.60. The lowest BCUT2D eigenvalue weighted by molar-refractivity contribution is 0.0262. The first-order valence-electron chi connectivity index (χ1n) is 6.88. The molecule has 1 fully saturated rings. The van der Waals surface area contributed by atoms with Crippen LogP contribution in [-0.2, 0) is 4.74 Å². The average molecular weight is 278 g/mol.